The van der Waals surface area contributed by atoms with Crippen LogP contribution in [0.2, 0.25) is 5.02 Å². The second-order valence-electron chi connectivity index (χ2n) is 5.89. The standard InChI is InChI=1S/C18H16ClNO/c19-16-7-2-1-6-13(16)14-10-18(21)20-17-9-12-5-3-4-11(12)8-15(14)17/h1-2,6-9,14H,3-5,10H2,(H,20,21)/t14-/m1/s1. The molecule has 1 aliphatic heterocycles. The van der Waals surface area contributed by atoms with Gasteiger partial charge in [-0.2, -0.15) is 0 Å². The van der Waals surface area contributed by atoms with Crippen LogP contribution in [0.15, 0.2) is 36.4 Å². The Labute approximate surface area is 129 Å². The summed E-state index contributed by atoms with van der Waals surface area (Å²) in [6.45, 7) is 0. The Hall–Kier alpha value is -1.80. The molecule has 1 heterocycles. The molecule has 0 saturated carbocycles. The average Bonchev–Trinajstić information content (AvgIpc) is 2.92. The smallest absolute Gasteiger partial charge is 0.225 e. The second-order valence-corrected chi connectivity index (χ2v) is 6.30. The zero-order chi connectivity index (χ0) is 14.4. The third kappa shape index (κ3) is 2.14. The number of rotatable bonds is 1. The summed E-state index contributed by atoms with van der Waals surface area (Å²) in [6.07, 6.45) is 3.94. The van der Waals surface area contributed by atoms with Gasteiger partial charge < -0.3 is 5.32 Å². The fourth-order valence-electron chi connectivity index (χ4n) is 3.57. The van der Waals surface area contributed by atoms with E-state index in [2.05, 4.69) is 17.4 Å². The molecule has 106 valence electrons. The molecule has 21 heavy (non-hydrogen) atoms. The number of fused-ring (bicyclic) bond motifs is 2. The molecule has 0 aromatic heterocycles. The van der Waals surface area contributed by atoms with E-state index in [1.54, 1.807) is 0 Å². The maximum absolute atomic E-state index is 12.1. The average molecular weight is 298 g/mol. The molecule has 1 N–H and O–H groups in total. The topological polar surface area (TPSA) is 29.1 Å². The van der Waals surface area contributed by atoms with Gasteiger partial charge in [0.25, 0.3) is 0 Å². The van der Waals surface area contributed by atoms with Gasteiger partial charge in [-0.25, -0.2) is 0 Å². The Morgan fingerprint density at radius 1 is 1.05 bits per heavy atom. The van der Waals surface area contributed by atoms with Gasteiger partial charge in [-0.1, -0.05) is 35.9 Å². The van der Waals surface area contributed by atoms with E-state index < -0.39 is 0 Å². The van der Waals surface area contributed by atoms with E-state index in [9.17, 15) is 4.79 Å². The lowest BCUT2D eigenvalue weighted by Crippen LogP contribution is -2.24. The molecule has 0 spiro atoms. The number of hydrogen-bond donors (Lipinski definition) is 1. The van der Waals surface area contributed by atoms with E-state index in [0.29, 0.717) is 6.42 Å². The molecular formula is C18H16ClNO. The second kappa shape index (κ2) is 4.88. The molecule has 2 aliphatic rings. The van der Waals surface area contributed by atoms with E-state index in [1.807, 2.05) is 24.3 Å². The van der Waals surface area contributed by atoms with Crippen LogP contribution in [0.3, 0.4) is 0 Å². The first-order chi connectivity index (χ1) is 10.2. The summed E-state index contributed by atoms with van der Waals surface area (Å²) in [4.78, 5) is 12.1. The van der Waals surface area contributed by atoms with Crippen LogP contribution in [0, 0.1) is 0 Å². The van der Waals surface area contributed by atoms with Gasteiger partial charge in [0.15, 0.2) is 0 Å². The van der Waals surface area contributed by atoms with E-state index in [1.165, 1.54) is 23.1 Å². The first-order valence-corrected chi connectivity index (χ1v) is 7.80. The molecule has 0 fully saturated rings. The van der Waals surface area contributed by atoms with Crippen molar-refractivity contribution >= 4 is 23.2 Å². The lowest BCUT2D eigenvalue weighted by Gasteiger charge is -2.27. The summed E-state index contributed by atoms with van der Waals surface area (Å²) in [5.74, 6) is 0.138. The zero-order valence-electron chi connectivity index (χ0n) is 11.7. The summed E-state index contributed by atoms with van der Waals surface area (Å²) in [6, 6.07) is 12.3. The molecule has 0 bridgehead atoms. The summed E-state index contributed by atoms with van der Waals surface area (Å²) in [7, 11) is 0. The molecule has 1 amide bonds. The maximum atomic E-state index is 12.1. The van der Waals surface area contributed by atoms with E-state index in [0.717, 1.165) is 29.1 Å². The number of halogens is 1. The largest absolute Gasteiger partial charge is 0.326 e. The molecule has 2 aromatic rings. The lowest BCUT2D eigenvalue weighted by molar-refractivity contribution is -0.116. The van der Waals surface area contributed by atoms with Crippen molar-refractivity contribution in [1.29, 1.82) is 0 Å². The molecule has 1 aliphatic carbocycles. The third-order valence-corrected chi connectivity index (χ3v) is 4.93. The molecule has 2 nitrogen and oxygen atoms in total. The van der Waals surface area contributed by atoms with E-state index >= 15 is 0 Å². The summed E-state index contributed by atoms with van der Waals surface area (Å²) >= 11 is 6.36. The van der Waals surface area contributed by atoms with Crippen LogP contribution in [0.1, 0.15) is 41.0 Å². The molecular weight excluding hydrogens is 282 g/mol. The van der Waals surface area contributed by atoms with Crippen LogP contribution in [0.4, 0.5) is 5.69 Å². The van der Waals surface area contributed by atoms with Crippen molar-refractivity contribution in [2.45, 2.75) is 31.6 Å². The number of amides is 1. The normalized spacial score (nSPS) is 19.9. The third-order valence-electron chi connectivity index (χ3n) is 4.58. The van der Waals surface area contributed by atoms with Gasteiger partial charge in [-0.15, -0.1) is 0 Å². The van der Waals surface area contributed by atoms with Crippen LogP contribution in [0.25, 0.3) is 0 Å². The number of benzene rings is 2. The minimum absolute atomic E-state index is 0.0633. The molecule has 2 aromatic carbocycles. The van der Waals surface area contributed by atoms with Gasteiger partial charge in [0.2, 0.25) is 5.91 Å². The minimum atomic E-state index is 0.0633. The number of anilines is 1. The van der Waals surface area contributed by atoms with Gasteiger partial charge in [-0.3, -0.25) is 4.79 Å². The summed E-state index contributed by atoms with van der Waals surface area (Å²) in [5.41, 5.74) is 6.05. The monoisotopic (exact) mass is 297 g/mol. The predicted molar refractivity (Wildman–Crippen MR) is 85.0 cm³/mol. The maximum Gasteiger partial charge on any atom is 0.225 e. The highest BCUT2D eigenvalue weighted by atomic mass is 35.5. The van der Waals surface area contributed by atoms with E-state index in [4.69, 9.17) is 11.6 Å². The van der Waals surface area contributed by atoms with Crippen molar-refractivity contribution in [3.8, 4) is 0 Å². The van der Waals surface area contributed by atoms with Crippen LogP contribution < -0.4 is 5.32 Å². The Morgan fingerprint density at radius 2 is 1.81 bits per heavy atom. The minimum Gasteiger partial charge on any atom is -0.326 e. The van der Waals surface area contributed by atoms with Gasteiger partial charge in [0.1, 0.15) is 0 Å². The van der Waals surface area contributed by atoms with Crippen molar-refractivity contribution in [2.24, 2.45) is 0 Å². The van der Waals surface area contributed by atoms with E-state index in [-0.39, 0.29) is 11.8 Å². The van der Waals surface area contributed by atoms with Gasteiger partial charge in [0, 0.05) is 23.0 Å². The SMILES string of the molecule is O=C1C[C@H](c2ccccc2Cl)c2cc3c(cc2N1)CCC3. The van der Waals surface area contributed by atoms with Gasteiger partial charge >= 0.3 is 0 Å². The Morgan fingerprint density at radius 3 is 2.62 bits per heavy atom. The zero-order valence-corrected chi connectivity index (χ0v) is 12.4. The molecule has 1 atom stereocenters. The number of carbonyl (C=O) groups excluding carboxylic acids is 1. The summed E-state index contributed by atoms with van der Waals surface area (Å²) in [5, 5.41) is 3.77. The quantitative estimate of drug-likeness (QED) is 0.835. The Bertz CT molecular complexity index is 738. The lowest BCUT2D eigenvalue weighted by atomic mass is 9.83. The van der Waals surface area contributed by atoms with Crippen molar-refractivity contribution in [1.82, 2.24) is 0 Å². The number of hydrogen-bond acceptors (Lipinski definition) is 1. The van der Waals surface area contributed by atoms with Gasteiger partial charge in [-0.05, 0) is 53.6 Å². The number of aryl methyl sites for hydroxylation is 2. The van der Waals surface area contributed by atoms with Crippen LogP contribution >= 0.6 is 11.6 Å². The first kappa shape index (κ1) is 12.9. The highest BCUT2D eigenvalue weighted by molar-refractivity contribution is 6.31. The summed E-state index contributed by atoms with van der Waals surface area (Å²) < 4.78 is 0. The highest BCUT2D eigenvalue weighted by Gasteiger charge is 2.29. The van der Waals surface area contributed by atoms with Crippen LogP contribution in [-0.2, 0) is 17.6 Å². The molecule has 3 heteroatoms. The van der Waals surface area contributed by atoms with Crippen LogP contribution in [-0.4, -0.2) is 5.91 Å². The predicted octanol–water partition coefficient (Wildman–Crippen LogP) is 4.30. The molecule has 0 radical (unpaired) electrons. The Balaban J connectivity index is 1.88. The van der Waals surface area contributed by atoms with Crippen LogP contribution in [0.5, 0.6) is 0 Å². The Kier molecular flexibility index (Phi) is 3.00. The highest BCUT2D eigenvalue weighted by Crippen LogP contribution is 2.42. The number of nitrogens with one attached hydrogen (secondary N) is 1. The van der Waals surface area contributed by atoms with Gasteiger partial charge in [0.05, 0.1) is 0 Å². The molecule has 0 saturated heterocycles. The fourth-order valence-corrected chi connectivity index (χ4v) is 3.84. The van der Waals surface area contributed by atoms with Crippen molar-refractivity contribution in [3.05, 3.63) is 63.7 Å². The fraction of sp³-hybridized carbons (Fsp3) is 0.278. The molecule has 0 unspecified atom stereocenters. The number of carbonyl (C=O) groups is 1. The van der Waals surface area contributed by atoms with Crippen molar-refractivity contribution in [2.75, 3.05) is 5.32 Å². The van der Waals surface area contributed by atoms with Crippen molar-refractivity contribution < 1.29 is 4.79 Å². The van der Waals surface area contributed by atoms with Crippen molar-refractivity contribution in [3.63, 3.8) is 0 Å². The first-order valence-electron chi connectivity index (χ1n) is 7.42. The molecule has 4 rings (SSSR count).